The first-order valence-electron chi connectivity index (χ1n) is 3.79. The molecule has 1 atom stereocenters. The average Bonchev–Trinajstić information content (AvgIpc) is 2.25. The highest BCUT2D eigenvalue weighted by atomic mass is 17.0. The van der Waals surface area contributed by atoms with Gasteiger partial charge in [0.15, 0.2) is 0 Å². The third kappa shape index (κ3) is 0.937. The van der Waals surface area contributed by atoms with Crippen molar-refractivity contribution in [2.45, 2.75) is 0 Å². The zero-order valence-corrected chi connectivity index (χ0v) is 7.07. The molecule has 0 saturated heterocycles. The van der Waals surface area contributed by atoms with Crippen molar-refractivity contribution in [1.82, 2.24) is 4.65 Å². The van der Waals surface area contributed by atoms with E-state index in [1.807, 2.05) is 32.3 Å². The fourth-order valence-corrected chi connectivity index (χ4v) is 1.42. The normalized spacial score (nSPS) is 25.4. The van der Waals surface area contributed by atoms with E-state index in [-0.39, 0.29) is 9.87 Å². The van der Waals surface area contributed by atoms with E-state index in [0.717, 1.165) is 5.69 Å². The van der Waals surface area contributed by atoms with Crippen LogP contribution in [0.3, 0.4) is 0 Å². The monoisotopic (exact) mass is 167 g/mol. The minimum Gasteiger partial charge on any atom is -0.590 e. The van der Waals surface area contributed by atoms with Crippen LogP contribution in [0.15, 0.2) is 24.3 Å². The van der Waals surface area contributed by atoms with Crippen molar-refractivity contribution in [3.63, 3.8) is 0 Å². The Balaban J connectivity index is 2.58. The molecule has 0 radical (unpaired) electrons. The van der Waals surface area contributed by atoms with E-state index < -0.39 is 0 Å². The lowest BCUT2D eigenvalue weighted by Gasteiger charge is -2.16. The van der Waals surface area contributed by atoms with Gasteiger partial charge >= 0.3 is 0 Å². The summed E-state index contributed by atoms with van der Waals surface area (Å²) in [4.78, 5) is 5.12. The van der Waals surface area contributed by atoms with Crippen LogP contribution in [0.4, 0.5) is 11.4 Å². The van der Waals surface area contributed by atoms with E-state index in [1.54, 1.807) is 6.07 Å². The van der Waals surface area contributed by atoms with Gasteiger partial charge in [-0.05, 0) is 0 Å². The standard InChI is InChI=1S/C8H11N2O2/c1-10(2)8-6-4-3-5-7(8)9(11)12-10/h3-6,9H,1-2H3/q+1. The van der Waals surface area contributed by atoms with Crippen LogP contribution in [0, 0.1) is 5.21 Å². The Morgan fingerprint density at radius 2 is 2.00 bits per heavy atom. The Hall–Kier alpha value is -0.940. The number of quaternary nitrogens is 2. The number of hydrogen-bond donors (Lipinski definition) is 1. The van der Waals surface area contributed by atoms with Crippen LogP contribution < -0.4 is 9.87 Å². The molecule has 1 heterocycles. The van der Waals surface area contributed by atoms with Gasteiger partial charge in [0.2, 0.25) is 11.4 Å². The van der Waals surface area contributed by atoms with Crippen molar-refractivity contribution in [3.8, 4) is 0 Å². The topological polar surface area (TPSA) is 36.7 Å². The van der Waals surface area contributed by atoms with Crippen molar-refractivity contribution < 1.29 is 10.2 Å². The molecule has 0 spiro atoms. The molecule has 0 aliphatic carbocycles. The fraction of sp³-hybridized carbons (Fsp3) is 0.250. The number of rotatable bonds is 0. The lowest BCUT2D eigenvalue weighted by Crippen LogP contribution is -3.01. The summed E-state index contributed by atoms with van der Waals surface area (Å²) >= 11 is 0. The summed E-state index contributed by atoms with van der Waals surface area (Å²) in [6.45, 7) is 0. The Morgan fingerprint density at radius 1 is 1.33 bits per heavy atom. The van der Waals surface area contributed by atoms with Crippen LogP contribution >= 0.6 is 0 Å². The molecule has 1 aliphatic rings. The summed E-state index contributed by atoms with van der Waals surface area (Å²) < 4.78 is 0.189. The summed E-state index contributed by atoms with van der Waals surface area (Å²) in [5, 5.41) is 11.0. The van der Waals surface area contributed by atoms with Gasteiger partial charge in [-0.25, -0.2) is 0 Å². The Kier molecular flexibility index (Phi) is 1.46. The molecular weight excluding hydrogens is 156 g/mol. The molecule has 1 unspecified atom stereocenters. The van der Waals surface area contributed by atoms with Crippen LogP contribution in [-0.2, 0) is 4.94 Å². The molecule has 1 N–H and O–H groups in total. The third-order valence-electron chi connectivity index (χ3n) is 2.02. The summed E-state index contributed by atoms with van der Waals surface area (Å²) in [5.41, 5.74) is 1.59. The van der Waals surface area contributed by atoms with Gasteiger partial charge < -0.3 is 5.21 Å². The average molecular weight is 167 g/mol. The van der Waals surface area contributed by atoms with Gasteiger partial charge in [-0.2, -0.15) is 0 Å². The van der Waals surface area contributed by atoms with Crippen molar-refractivity contribution >= 4 is 11.4 Å². The first-order valence-corrected chi connectivity index (χ1v) is 3.79. The largest absolute Gasteiger partial charge is 0.590 e. The second-order valence-corrected chi connectivity index (χ2v) is 3.25. The molecule has 0 amide bonds. The molecule has 1 aromatic carbocycles. The first-order chi connectivity index (χ1) is 5.61. The van der Waals surface area contributed by atoms with E-state index >= 15 is 0 Å². The predicted molar refractivity (Wildman–Crippen MR) is 45.2 cm³/mol. The number of hydrogen-bond acceptors (Lipinski definition) is 2. The van der Waals surface area contributed by atoms with Crippen molar-refractivity contribution in [2.24, 2.45) is 0 Å². The van der Waals surface area contributed by atoms with E-state index in [1.165, 1.54) is 0 Å². The molecule has 1 aliphatic heterocycles. The Labute approximate surface area is 70.7 Å². The summed E-state index contributed by atoms with van der Waals surface area (Å²) in [7, 11) is 3.67. The van der Waals surface area contributed by atoms with Gasteiger partial charge in [-0.15, -0.1) is 5.23 Å². The molecule has 0 fully saturated rings. The quantitative estimate of drug-likeness (QED) is 0.440. The highest BCUT2D eigenvalue weighted by Gasteiger charge is 2.39. The highest BCUT2D eigenvalue weighted by molar-refractivity contribution is 5.59. The van der Waals surface area contributed by atoms with E-state index in [2.05, 4.69) is 0 Å². The van der Waals surface area contributed by atoms with Crippen LogP contribution in [0.25, 0.3) is 0 Å². The molecule has 64 valence electrons. The van der Waals surface area contributed by atoms with Crippen LogP contribution in [0.5, 0.6) is 0 Å². The lowest BCUT2D eigenvalue weighted by atomic mass is 10.2. The number of hydroxylamine groups is 2. The number of nitrogens with zero attached hydrogens (tertiary/aromatic N) is 1. The molecule has 1 aromatic rings. The minimum atomic E-state index is -0.240. The zero-order chi connectivity index (χ0) is 8.77. The van der Waals surface area contributed by atoms with E-state index in [0.29, 0.717) is 5.69 Å². The first kappa shape index (κ1) is 7.70. The van der Waals surface area contributed by atoms with Crippen molar-refractivity contribution in [2.75, 3.05) is 14.1 Å². The fourth-order valence-electron chi connectivity index (χ4n) is 1.42. The van der Waals surface area contributed by atoms with Gasteiger partial charge in [-0.1, -0.05) is 16.8 Å². The van der Waals surface area contributed by atoms with E-state index in [9.17, 15) is 5.21 Å². The van der Waals surface area contributed by atoms with Gasteiger partial charge in [-0.3, -0.25) is 0 Å². The zero-order valence-electron chi connectivity index (χ0n) is 7.07. The lowest BCUT2D eigenvalue weighted by molar-refractivity contribution is -1.01. The molecule has 0 aromatic heterocycles. The van der Waals surface area contributed by atoms with Crippen molar-refractivity contribution in [1.29, 1.82) is 0 Å². The molecular formula is C8H11N2O2+. The molecule has 12 heavy (non-hydrogen) atoms. The molecule has 4 heteroatoms. The van der Waals surface area contributed by atoms with E-state index in [4.69, 9.17) is 4.94 Å². The minimum absolute atomic E-state index is 0.189. The Bertz CT molecular complexity index is 312. The van der Waals surface area contributed by atoms with Crippen LogP contribution in [0.2, 0.25) is 0 Å². The highest BCUT2D eigenvalue weighted by Crippen LogP contribution is 2.29. The third-order valence-corrected chi connectivity index (χ3v) is 2.02. The maximum atomic E-state index is 11.2. The molecule has 0 saturated carbocycles. The number of benzene rings is 1. The van der Waals surface area contributed by atoms with Crippen LogP contribution in [-0.4, -0.2) is 14.1 Å². The number of para-hydroxylation sites is 1. The predicted octanol–water partition coefficient (Wildman–Crippen LogP) is 0.128. The number of nitrogens with one attached hydrogen (secondary N) is 1. The molecule has 0 bridgehead atoms. The summed E-state index contributed by atoms with van der Waals surface area (Å²) in [6.07, 6.45) is 0. The van der Waals surface area contributed by atoms with Gasteiger partial charge in [0, 0.05) is 17.1 Å². The van der Waals surface area contributed by atoms with Crippen molar-refractivity contribution in [3.05, 3.63) is 29.5 Å². The number of fused-ring (bicyclic) bond motifs is 1. The maximum absolute atomic E-state index is 11.2. The Morgan fingerprint density at radius 3 is 2.67 bits per heavy atom. The SMILES string of the molecule is C[N+]1(C)O[NH+]([O-])c2ccccc21. The second-order valence-electron chi connectivity index (χ2n) is 3.25. The molecule has 2 rings (SSSR count). The van der Waals surface area contributed by atoms with Crippen LogP contribution in [0.1, 0.15) is 0 Å². The maximum Gasteiger partial charge on any atom is 0.234 e. The second kappa shape index (κ2) is 2.27. The smallest absolute Gasteiger partial charge is 0.234 e. The van der Waals surface area contributed by atoms with Gasteiger partial charge in [0.1, 0.15) is 14.1 Å². The molecule has 4 nitrogen and oxygen atoms in total. The van der Waals surface area contributed by atoms with Gasteiger partial charge in [0.25, 0.3) is 0 Å². The van der Waals surface area contributed by atoms with Gasteiger partial charge in [0.05, 0.1) is 0 Å². The summed E-state index contributed by atoms with van der Waals surface area (Å²) in [5.74, 6) is 0. The summed E-state index contributed by atoms with van der Waals surface area (Å²) in [6, 6.07) is 7.43.